The third-order valence-electron chi connectivity index (χ3n) is 2.52. The molecule has 1 aromatic carbocycles. The summed E-state index contributed by atoms with van der Waals surface area (Å²) in [5, 5.41) is 1.97. The number of rotatable bonds is 3. The highest BCUT2D eigenvalue weighted by Crippen LogP contribution is 2.24. The van der Waals surface area contributed by atoms with E-state index in [4.69, 9.17) is 5.73 Å². The van der Waals surface area contributed by atoms with Crippen LogP contribution in [-0.2, 0) is 9.84 Å². The zero-order chi connectivity index (χ0) is 12.5. The molecule has 1 atom stereocenters. The minimum Gasteiger partial charge on any atom is -0.320 e. The first-order valence-corrected chi connectivity index (χ1v) is 7.84. The predicted molar refractivity (Wildman–Crippen MR) is 69.9 cm³/mol. The minimum atomic E-state index is -3.14. The summed E-state index contributed by atoms with van der Waals surface area (Å²) in [6.45, 7) is 0. The lowest BCUT2D eigenvalue weighted by Gasteiger charge is -2.10. The summed E-state index contributed by atoms with van der Waals surface area (Å²) >= 11 is 1.59. The Balaban J connectivity index is 2.30. The van der Waals surface area contributed by atoms with Gasteiger partial charge in [-0.25, -0.2) is 8.42 Å². The van der Waals surface area contributed by atoms with Gasteiger partial charge < -0.3 is 5.73 Å². The number of nitrogens with two attached hydrogens (primary N) is 1. The highest BCUT2D eigenvalue weighted by molar-refractivity contribution is 7.90. The van der Waals surface area contributed by atoms with Gasteiger partial charge in [0, 0.05) is 11.1 Å². The Kier molecular flexibility index (Phi) is 3.33. The molecule has 5 heteroatoms. The summed E-state index contributed by atoms with van der Waals surface area (Å²) < 4.78 is 22.6. The van der Waals surface area contributed by atoms with E-state index in [1.807, 2.05) is 17.5 Å². The molecule has 2 rings (SSSR count). The standard InChI is InChI=1S/C12H13NO2S2/c1-17(14,15)10-6-4-9(5-7-10)12(13)11-3-2-8-16-11/h2-8,12H,13H2,1H3/t12-/m0/s1. The van der Waals surface area contributed by atoms with Crippen molar-refractivity contribution in [2.45, 2.75) is 10.9 Å². The van der Waals surface area contributed by atoms with Crippen molar-refractivity contribution >= 4 is 21.2 Å². The highest BCUT2D eigenvalue weighted by Gasteiger charge is 2.11. The van der Waals surface area contributed by atoms with Gasteiger partial charge in [-0.05, 0) is 29.1 Å². The second kappa shape index (κ2) is 4.60. The number of sulfone groups is 1. The maximum atomic E-state index is 11.3. The molecule has 0 saturated heterocycles. The fraction of sp³-hybridized carbons (Fsp3) is 0.167. The fourth-order valence-corrected chi connectivity index (χ4v) is 2.94. The van der Waals surface area contributed by atoms with Gasteiger partial charge in [0.05, 0.1) is 10.9 Å². The van der Waals surface area contributed by atoms with Gasteiger partial charge in [0.25, 0.3) is 0 Å². The van der Waals surface area contributed by atoms with Gasteiger partial charge in [-0.2, -0.15) is 0 Å². The van der Waals surface area contributed by atoms with Gasteiger partial charge in [-0.3, -0.25) is 0 Å². The third-order valence-corrected chi connectivity index (χ3v) is 4.60. The molecule has 0 unspecified atom stereocenters. The van der Waals surface area contributed by atoms with E-state index in [1.54, 1.807) is 35.6 Å². The smallest absolute Gasteiger partial charge is 0.175 e. The van der Waals surface area contributed by atoms with Crippen molar-refractivity contribution in [3.8, 4) is 0 Å². The Morgan fingerprint density at radius 3 is 2.29 bits per heavy atom. The van der Waals surface area contributed by atoms with Gasteiger partial charge in [0.1, 0.15) is 0 Å². The molecule has 0 fully saturated rings. The van der Waals surface area contributed by atoms with E-state index < -0.39 is 9.84 Å². The maximum absolute atomic E-state index is 11.3. The van der Waals surface area contributed by atoms with Gasteiger partial charge in [-0.1, -0.05) is 18.2 Å². The van der Waals surface area contributed by atoms with Crippen LogP contribution in [0.2, 0.25) is 0 Å². The van der Waals surface area contributed by atoms with Crippen molar-refractivity contribution in [3.05, 3.63) is 52.2 Å². The molecule has 0 radical (unpaired) electrons. The quantitative estimate of drug-likeness (QED) is 0.927. The Labute approximate surface area is 105 Å². The molecule has 3 nitrogen and oxygen atoms in total. The lowest BCUT2D eigenvalue weighted by molar-refractivity contribution is 0.602. The third kappa shape index (κ3) is 2.74. The molecule has 2 N–H and O–H groups in total. The summed E-state index contributed by atoms with van der Waals surface area (Å²) in [7, 11) is -3.14. The molecule has 0 aliphatic carbocycles. The van der Waals surface area contributed by atoms with Crippen LogP contribution >= 0.6 is 11.3 Å². The van der Waals surface area contributed by atoms with Crippen LogP contribution < -0.4 is 5.73 Å². The topological polar surface area (TPSA) is 60.2 Å². The molecular formula is C12H13NO2S2. The van der Waals surface area contributed by atoms with E-state index in [0.717, 1.165) is 10.4 Å². The van der Waals surface area contributed by atoms with E-state index in [1.165, 1.54) is 6.26 Å². The van der Waals surface area contributed by atoms with Crippen molar-refractivity contribution in [3.63, 3.8) is 0 Å². The van der Waals surface area contributed by atoms with Gasteiger partial charge in [-0.15, -0.1) is 11.3 Å². The van der Waals surface area contributed by atoms with E-state index in [-0.39, 0.29) is 6.04 Å². The molecule has 0 aliphatic heterocycles. The number of hydrogen-bond donors (Lipinski definition) is 1. The van der Waals surface area contributed by atoms with Crippen LogP contribution in [0.15, 0.2) is 46.7 Å². The zero-order valence-corrected chi connectivity index (χ0v) is 11.0. The molecule has 0 bridgehead atoms. The zero-order valence-electron chi connectivity index (χ0n) is 9.33. The summed E-state index contributed by atoms with van der Waals surface area (Å²) in [6.07, 6.45) is 1.20. The summed E-state index contributed by atoms with van der Waals surface area (Å²) in [4.78, 5) is 1.39. The van der Waals surface area contributed by atoms with Crippen molar-refractivity contribution < 1.29 is 8.42 Å². The predicted octanol–water partition coefficient (Wildman–Crippen LogP) is 2.20. The van der Waals surface area contributed by atoms with Crippen LogP contribution in [0, 0.1) is 0 Å². The van der Waals surface area contributed by atoms with Crippen LogP contribution in [0.25, 0.3) is 0 Å². The van der Waals surface area contributed by atoms with Crippen molar-refractivity contribution in [1.82, 2.24) is 0 Å². The lowest BCUT2D eigenvalue weighted by atomic mass is 10.1. The van der Waals surface area contributed by atoms with E-state index in [9.17, 15) is 8.42 Å². The largest absolute Gasteiger partial charge is 0.320 e. The first kappa shape index (κ1) is 12.3. The monoisotopic (exact) mass is 267 g/mol. The van der Waals surface area contributed by atoms with Crippen LogP contribution in [0.3, 0.4) is 0 Å². The first-order chi connectivity index (χ1) is 7.98. The van der Waals surface area contributed by atoms with Gasteiger partial charge in [0.15, 0.2) is 9.84 Å². The molecule has 1 aromatic heterocycles. The van der Waals surface area contributed by atoms with E-state index in [0.29, 0.717) is 4.90 Å². The maximum Gasteiger partial charge on any atom is 0.175 e. The van der Waals surface area contributed by atoms with Crippen molar-refractivity contribution in [2.24, 2.45) is 5.73 Å². The minimum absolute atomic E-state index is 0.191. The van der Waals surface area contributed by atoms with E-state index >= 15 is 0 Å². The Morgan fingerprint density at radius 1 is 1.18 bits per heavy atom. The van der Waals surface area contributed by atoms with Crippen LogP contribution in [0.1, 0.15) is 16.5 Å². The van der Waals surface area contributed by atoms with Crippen LogP contribution in [0.4, 0.5) is 0 Å². The van der Waals surface area contributed by atoms with Crippen molar-refractivity contribution in [2.75, 3.05) is 6.26 Å². The number of hydrogen-bond acceptors (Lipinski definition) is 4. The second-order valence-electron chi connectivity index (χ2n) is 3.83. The molecular weight excluding hydrogens is 254 g/mol. The average Bonchev–Trinajstić information content (AvgIpc) is 2.80. The number of thiophene rings is 1. The molecule has 1 heterocycles. The second-order valence-corrected chi connectivity index (χ2v) is 6.83. The fourth-order valence-electron chi connectivity index (χ4n) is 1.55. The van der Waals surface area contributed by atoms with Crippen molar-refractivity contribution in [1.29, 1.82) is 0 Å². The molecule has 0 saturated carbocycles. The SMILES string of the molecule is CS(=O)(=O)c1ccc([C@H](N)c2cccs2)cc1. The van der Waals surface area contributed by atoms with Gasteiger partial charge in [0.2, 0.25) is 0 Å². The summed E-state index contributed by atoms with van der Waals surface area (Å²) in [5.74, 6) is 0. The van der Waals surface area contributed by atoms with Crippen LogP contribution in [0.5, 0.6) is 0 Å². The number of benzene rings is 1. The lowest BCUT2D eigenvalue weighted by Crippen LogP contribution is -2.10. The first-order valence-electron chi connectivity index (χ1n) is 5.07. The average molecular weight is 267 g/mol. The van der Waals surface area contributed by atoms with Crippen LogP contribution in [-0.4, -0.2) is 14.7 Å². The summed E-state index contributed by atoms with van der Waals surface area (Å²) in [5.41, 5.74) is 7.00. The molecule has 0 spiro atoms. The molecule has 0 amide bonds. The summed E-state index contributed by atoms with van der Waals surface area (Å²) in [6, 6.07) is 10.5. The molecule has 90 valence electrons. The Morgan fingerprint density at radius 2 is 1.82 bits per heavy atom. The molecule has 0 aliphatic rings. The Bertz CT molecular complexity index is 586. The van der Waals surface area contributed by atoms with Gasteiger partial charge >= 0.3 is 0 Å². The molecule has 2 aromatic rings. The Hall–Kier alpha value is -1.17. The highest BCUT2D eigenvalue weighted by atomic mass is 32.2. The van der Waals surface area contributed by atoms with E-state index in [2.05, 4.69) is 0 Å². The normalized spacial score (nSPS) is 13.5. The molecule has 17 heavy (non-hydrogen) atoms.